The number of hydrogen-bond acceptors (Lipinski definition) is 3. The van der Waals surface area contributed by atoms with Crippen molar-refractivity contribution in [2.24, 2.45) is 0 Å². The van der Waals surface area contributed by atoms with Crippen LogP contribution in [-0.4, -0.2) is 5.78 Å². The van der Waals surface area contributed by atoms with E-state index in [2.05, 4.69) is 0 Å². The molecule has 0 fully saturated rings. The molecule has 2 nitrogen and oxygen atoms in total. The maximum atomic E-state index is 13.9. The number of carbonyl (C=O) groups excluding carboxylic acids is 1. The fourth-order valence-corrected chi connectivity index (χ4v) is 2.57. The highest BCUT2D eigenvalue weighted by Crippen LogP contribution is 2.34. The van der Waals surface area contributed by atoms with Gasteiger partial charge in [0.05, 0.1) is 17.2 Å². The molecule has 2 aromatic rings. The standard InChI is InChI=1S/C14H7F4NOS/c15-12-8(3-1-4-10(12)14(16,17)18)13(20)9(7-19)11-5-2-6-21-11/h1-6,9H. The summed E-state index contributed by atoms with van der Waals surface area (Å²) in [5.74, 6) is -3.95. The largest absolute Gasteiger partial charge is 0.419 e. The van der Waals surface area contributed by atoms with Crippen LogP contribution in [0.1, 0.15) is 26.7 Å². The fraction of sp³-hybridized carbons (Fsp3) is 0.143. The molecular weight excluding hydrogens is 306 g/mol. The molecule has 0 bridgehead atoms. The van der Waals surface area contributed by atoms with E-state index >= 15 is 0 Å². The monoisotopic (exact) mass is 313 g/mol. The molecule has 0 N–H and O–H groups in total. The second-order valence-electron chi connectivity index (χ2n) is 4.11. The van der Waals surface area contributed by atoms with E-state index in [4.69, 9.17) is 5.26 Å². The van der Waals surface area contributed by atoms with Gasteiger partial charge in [-0.2, -0.15) is 18.4 Å². The highest BCUT2D eigenvalue weighted by molar-refractivity contribution is 7.10. The van der Waals surface area contributed by atoms with Crippen LogP contribution in [0.4, 0.5) is 17.6 Å². The smallest absolute Gasteiger partial charge is 0.292 e. The molecule has 21 heavy (non-hydrogen) atoms. The molecule has 0 aliphatic carbocycles. The van der Waals surface area contributed by atoms with E-state index < -0.39 is 34.8 Å². The molecule has 1 aromatic carbocycles. The lowest BCUT2D eigenvalue weighted by Gasteiger charge is -2.12. The summed E-state index contributed by atoms with van der Waals surface area (Å²) in [5.41, 5.74) is -2.25. The van der Waals surface area contributed by atoms with Crippen LogP contribution in [0.5, 0.6) is 0 Å². The molecule has 1 heterocycles. The van der Waals surface area contributed by atoms with E-state index in [-0.39, 0.29) is 0 Å². The normalized spacial score (nSPS) is 12.7. The minimum absolute atomic E-state index is 0.360. The topological polar surface area (TPSA) is 40.9 Å². The van der Waals surface area contributed by atoms with Crippen LogP contribution in [0.2, 0.25) is 0 Å². The Morgan fingerprint density at radius 2 is 1.95 bits per heavy atom. The molecular formula is C14H7F4NOS. The van der Waals surface area contributed by atoms with Crippen LogP contribution in [0.15, 0.2) is 35.7 Å². The molecule has 0 saturated carbocycles. The first kappa shape index (κ1) is 15.2. The average Bonchev–Trinajstić information content (AvgIpc) is 2.92. The van der Waals surface area contributed by atoms with Gasteiger partial charge in [-0.25, -0.2) is 4.39 Å². The van der Waals surface area contributed by atoms with Crippen LogP contribution in [0, 0.1) is 17.1 Å². The number of alkyl halides is 3. The summed E-state index contributed by atoms with van der Waals surface area (Å²) in [4.78, 5) is 12.5. The summed E-state index contributed by atoms with van der Waals surface area (Å²) in [6, 6.07) is 7.25. The number of thiophene rings is 1. The van der Waals surface area contributed by atoms with Crippen molar-refractivity contribution in [3.63, 3.8) is 0 Å². The number of carbonyl (C=O) groups is 1. The van der Waals surface area contributed by atoms with E-state index in [9.17, 15) is 22.4 Å². The van der Waals surface area contributed by atoms with Crippen molar-refractivity contribution >= 4 is 17.1 Å². The molecule has 7 heteroatoms. The molecule has 108 valence electrons. The number of Topliss-reactive ketones (excluding diaryl/α,β-unsaturated/α-hetero) is 1. The van der Waals surface area contributed by atoms with Crippen LogP contribution in [-0.2, 0) is 6.18 Å². The van der Waals surface area contributed by atoms with Gasteiger partial charge in [0.1, 0.15) is 11.7 Å². The molecule has 0 radical (unpaired) electrons. The zero-order chi connectivity index (χ0) is 15.6. The average molecular weight is 313 g/mol. The summed E-state index contributed by atoms with van der Waals surface area (Å²) in [5, 5.41) is 10.7. The van der Waals surface area contributed by atoms with Crippen molar-refractivity contribution in [3.05, 3.63) is 57.5 Å². The lowest BCUT2D eigenvalue weighted by molar-refractivity contribution is -0.140. The molecule has 0 spiro atoms. The molecule has 0 amide bonds. The number of halogens is 4. The van der Waals surface area contributed by atoms with Crippen molar-refractivity contribution < 1.29 is 22.4 Å². The Bertz CT molecular complexity index is 701. The maximum absolute atomic E-state index is 13.9. The lowest BCUT2D eigenvalue weighted by atomic mass is 9.95. The van der Waals surface area contributed by atoms with Crippen molar-refractivity contribution in [3.8, 4) is 6.07 Å². The predicted molar refractivity (Wildman–Crippen MR) is 68.4 cm³/mol. The van der Waals surface area contributed by atoms with Crippen LogP contribution >= 0.6 is 11.3 Å². The van der Waals surface area contributed by atoms with Gasteiger partial charge in [-0.1, -0.05) is 12.1 Å². The van der Waals surface area contributed by atoms with Crippen LogP contribution in [0.3, 0.4) is 0 Å². The predicted octanol–water partition coefficient (Wildman–Crippen LogP) is 4.40. The number of hydrogen-bond donors (Lipinski definition) is 0. The summed E-state index contributed by atoms with van der Waals surface area (Å²) in [6.07, 6.45) is -4.90. The quantitative estimate of drug-likeness (QED) is 0.622. The minimum Gasteiger partial charge on any atom is -0.292 e. The van der Waals surface area contributed by atoms with Gasteiger partial charge >= 0.3 is 6.18 Å². The van der Waals surface area contributed by atoms with Crippen molar-refractivity contribution in [2.45, 2.75) is 12.1 Å². The molecule has 1 unspecified atom stereocenters. The Morgan fingerprint density at radius 1 is 1.24 bits per heavy atom. The first-order valence-corrected chi connectivity index (χ1v) is 6.57. The van der Waals surface area contributed by atoms with Gasteiger partial charge in [0.2, 0.25) is 0 Å². The molecule has 0 aliphatic heterocycles. The third kappa shape index (κ3) is 2.95. The van der Waals surface area contributed by atoms with E-state index in [1.165, 1.54) is 6.07 Å². The van der Waals surface area contributed by atoms with E-state index in [0.29, 0.717) is 10.9 Å². The number of nitrogens with zero attached hydrogens (tertiary/aromatic N) is 1. The van der Waals surface area contributed by atoms with Crippen molar-refractivity contribution in [2.75, 3.05) is 0 Å². The number of ketones is 1. The van der Waals surface area contributed by atoms with Crippen LogP contribution in [0.25, 0.3) is 0 Å². The SMILES string of the molecule is N#CC(C(=O)c1cccc(C(F)(F)F)c1F)c1cccs1. The third-order valence-corrected chi connectivity index (χ3v) is 3.73. The Hall–Kier alpha value is -2.20. The zero-order valence-corrected chi connectivity index (χ0v) is 11.1. The van der Waals surface area contributed by atoms with Gasteiger partial charge in [0.25, 0.3) is 0 Å². The first-order chi connectivity index (χ1) is 9.86. The summed E-state index contributed by atoms with van der Waals surface area (Å²) in [7, 11) is 0. The third-order valence-electron chi connectivity index (χ3n) is 2.79. The van der Waals surface area contributed by atoms with Crippen molar-refractivity contribution in [1.29, 1.82) is 5.26 Å². The van der Waals surface area contributed by atoms with Gasteiger partial charge in [0.15, 0.2) is 5.78 Å². The van der Waals surface area contributed by atoms with E-state index in [1.807, 2.05) is 0 Å². The van der Waals surface area contributed by atoms with Gasteiger partial charge in [0, 0.05) is 4.88 Å². The maximum Gasteiger partial charge on any atom is 0.419 e. The Labute approximate surface area is 121 Å². The summed E-state index contributed by atoms with van der Waals surface area (Å²) >= 11 is 1.11. The summed E-state index contributed by atoms with van der Waals surface area (Å²) < 4.78 is 51.8. The Morgan fingerprint density at radius 3 is 2.48 bits per heavy atom. The number of benzene rings is 1. The zero-order valence-electron chi connectivity index (χ0n) is 10.3. The molecule has 1 atom stereocenters. The Balaban J connectivity index is 2.48. The molecule has 1 aromatic heterocycles. The second-order valence-corrected chi connectivity index (χ2v) is 5.09. The number of rotatable bonds is 3. The molecule has 0 saturated heterocycles. The van der Waals surface area contributed by atoms with Crippen LogP contribution < -0.4 is 0 Å². The fourth-order valence-electron chi connectivity index (χ4n) is 1.80. The summed E-state index contributed by atoms with van der Waals surface area (Å²) in [6.45, 7) is 0. The second kappa shape index (κ2) is 5.66. The van der Waals surface area contributed by atoms with Crippen molar-refractivity contribution in [1.82, 2.24) is 0 Å². The van der Waals surface area contributed by atoms with E-state index in [0.717, 1.165) is 23.5 Å². The molecule has 0 aliphatic rings. The Kier molecular flexibility index (Phi) is 4.09. The highest BCUT2D eigenvalue weighted by Gasteiger charge is 2.36. The molecule has 2 rings (SSSR count). The lowest BCUT2D eigenvalue weighted by Crippen LogP contribution is -2.16. The van der Waals surface area contributed by atoms with Gasteiger partial charge in [-0.3, -0.25) is 4.79 Å². The van der Waals surface area contributed by atoms with Gasteiger partial charge in [-0.05, 0) is 23.6 Å². The first-order valence-electron chi connectivity index (χ1n) is 5.69. The van der Waals surface area contributed by atoms with Gasteiger partial charge < -0.3 is 0 Å². The van der Waals surface area contributed by atoms with Gasteiger partial charge in [-0.15, -0.1) is 11.3 Å². The highest BCUT2D eigenvalue weighted by atomic mass is 32.1. The minimum atomic E-state index is -4.90. The number of nitriles is 1. The van der Waals surface area contributed by atoms with E-state index in [1.54, 1.807) is 17.5 Å².